The van der Waals surface area contributed by atoms with Gasteiger partial charge in [-0.2, -0.15) is 0 Å². The van der Waals surface area contributed by atoms with Crippen LogP contribution in [-0.4, -0.2) is 30.9 Å². The van der Waals surface area contributed by atoms with E-state index in [9.17, 15) is 9.59 Å². The summed E-state index contributed by atoms with van der Waals surface area (Å²) in [5, 5.41) is 0. The highest BCUT2D eigenvalue weighted by Gasteiger charge is 2.23. The Labute approximate surface area is 83.3 Å². The Balaban J connectivity index is 4.01. The zero-order chi connectivity index (χ0) is 11.4. The number of rotatable bonds is 2. The third kappa shape index (κ3) is 5.40. The quantitative estimate of drug-likeness (QED) is 0.638. The molecular weight excluding hydrogens is 188 g/mol. The predicted octanol–water partition coefficient (Wildman–Crippen LogP) is 1.50. The first-order chi connectivity index (χ1) is 6.26. The normalized spacial score (nSPS) is 12.9. The second-order valence-electron chi connectivity index (χ2n) is 3.75. The lowest BCUT2D eigenvalue weighted by atomic mass is 10.2. The second kappa shape index (κ2) is 4.83. The minimum Gasteiger partial charge on any atom is -0.466 e. The topological polar surface area (TPSA) is 61.8 Å². The number of hydrogen-bond donors (Lipinski definition) is 0. The van der Waals surface area contributed by atoms with Gasteiger partial charge in [-0.1, -0.05) is 0 Å². The number of ether oxygens (including phenoxy) is 3. The molecule has 5 nitrogen and oxygen atoms in total. The summed E-state index contributed by atoms with van der Waals surface area (Å²) >= 11 is 0. The van der Waals surface area contributed by atoms with Crippen molar-refractivity contribution in [3.63, 3.8) is 0 Å². The third-order valence-corrected chi connectivity index (χ3v) is 1.20. The van der Waals surface area contributed by atoms with Crippen LogP contribution in [0, 0.1) is 0 Å². The number of carbonyl (C=O) groups is 2. The van der Waals surface area contributed by atoms with Gasteiger partial charge in [0.25, 0.3) is 0 Å². The van der Waals surface area contributed by atoms with Crippen LogP contribution >= 0.6 is 0 Å². The molecule has 0 radical (unpaired) electrons. The van der Waals surface area contributed by atoms with Crippen LogP contribution in [0.3, 0.4) is 0 Å². The van der Waals surface area contributed by atoms with E-state index >= 15 is 0 Å². The van der Waals surface area contributed by atoms with Crippen LogP contribution in [0.5, 0.6) is 0 Å². The van der Waals surface area contributed by atoms with E-state index in [1.54, 1.807) is 20.8 Å². The monoisotopic (exact) mass is 204 g/mol. The highest BCUT2D eigenvalue weighted by Crippen LogP contribution is 2.09. The molecule has 0 N–H and O–H groups in total. The van der Waals surface area contributed by atoms with Gasteiger partial charge in [0, 0.05) is 0 Å². The lowest BCUT2D eigenvalue weighted by Crippen LogP contribution is -2.30. The van der Waals surface area contributed by atoms with Crippen LogP contribution in [0.2, 0.25) is 0 Å². The van der Waals surface area contributed by atoms with E-state index in [1.807, 2.05) is 0 Å². The molecule has 1 atom stereocenters. The maximum absolute atomic E-state index is 11.0. The van der Waals surface area contributed by atoms with Crippen LogP contribution in [0.1, 0.15) is 27.7 Å². The van der Waals surface area contributed by atoms with Crippen LogP contribution in [0.4, 0.5) is 4.79 Å². The molecule has 0 spiro atoms. The van der Waals surface area contributed by atoms with Gasteiger partial charge in [0.15, 0.2) is 6.10 Å². The fourth-order valence-electron chi connectivity index (χ4n) is 0.632. The summed E-state index contributed by atoms with van der Waals surface area (Å²) in [6.07, 6.45) is -1.83. The summed E-state index contributed by atoms with van der Waals surface area (Å²) in [5.74, 6) is -0.615. The van der Waals surface area contributed by atoms with Gasteiger partial charge in [-0.15, -0.1) is 0 Å². The molecule has 0 amide bonds. The first kappa shape index (κ1) is 12.7. The van der Waals surface area contributed by atoms with Gasteiger partial charge in [-0.05, 0) is 27.7 Å². The molecule has 0 aromatic carbocycles. The van der Waals surface area contributed by atoms with Crippen molar-refractivity contribution in [1.82, 2.24) is 0 Å². The lowest BCUT2D eigenvalue weighted by Gasteiger charge is -2.20. The van der Waals surface area contributed by atoms with E-state index in [4.69, 9.17) is 4.74 Å². The Morgan fingerprint density at radius 1 is 1.21 bits per heavy atom. The first-order valence-corrected chi connectivity index (χ1v) is 4.23. The number of esters is 1. The van der Waals surface area contributed by atoms with Gasteiger partial charge in [-0.25, -0.2) is 9.59 Å². The van der Waals surface area contributed by atoms with Crippen molar-refractivity contribution in [1.29, 1.82) is 0 Å². The summed E-state index contributed by atoms with van der Waals surface area (Å²) in [6, 6.07) is 0. The largest absolute Gasteiger partial charge is 0.509 e. The maximum Gasteiger partial charge on any atom is 0.509 e. The molecule has 1 unspecified atom stereocenters. The number of carbonyl (C=O) groups excluding carboxylic acids is 2. The number of methoxy groups -OCH3 is 1. The molecule has 0 fully saturated rings. The molecule has 0 heterocycles. The van der Waals surface area contributed by atoms with Crippen molar-refractivity contribution < 1.29 is 23.8 Å². The zero-order valence-electron chi connectivity index (χ0n) is 9.12. The third-order valence-electron chi connectivity index (χ3n) is 1.20. The standard InChI is InChI=1S/C9H16O5/c1-6(7(10)12-5)13-8(11)14-9(2,3)4/h6H,1-5H3. The Hall–Kier alpha value is -1.26. The molecule has 5 heteroatoms. The summed E-state index contributed by atoms with van der Waals surface area (Å²) < 4.78 is 13.8. The molecule has 0 aromatic heterocycles. The molecule has 0 saturated carbocycles. The molecular formula is C9H16O5. The average Bonchev–Trinajstić information content (AvgIpc) is 1.99. The molecule has 14 heavy (non-hydrogen) atoms. The molecule has 82 valence electrons. The summed E-state index contributed by atoms with van der Waals surface area (Å²) in [5.41, 5.74) is -0.632. The molecule has 0 aliphatic heterocycles. The molecule has 0 saturated heterocycles. The van der Waals surface area contributed by atoms with Gasteiger partial charge in [0.1, 0.15) is 5.60 Å². The minimum atomic E-state index is -0.949. The van der Waals surface area contributed by atoms with Gasteiger partial charge in [0.2, 0.25) is 0 Å². The fraction of sp³-hybridized carbons (Fsp3) is 0.778. The van der Waals surface area contributed by atoms with Gasteiger partial charge in [0.05, 0.1) is 7.11 Å². The van der Waals surface area contributed by atoms with Crippen LogP contribution in [-0.2, 0) is 19.0 Å². The minimum absolute atomic E-state index is 0.615. The van der Waals surface area contributed by atoms with Crippen molar-refractivity contribution in [2.75, 3.05) is 7.11 Å². The van der Waals surface area contributed by atoms with Crippen LogP contribution < -0.4 is 0 Å². The van der Waals surface area contributed by atoms with E-state index in [-0.39, 0.29) is 0 Å². The Morgan fingerprint density at radius 3 is 2.07 bits per heavy atom. The van der Waals surface area contributed by atoms with Crippen molar-refractivity contribution >= 4 is 12.1 Å². The van der Waals surface area contributed by atoms with Crippen LogP contribution in [0.15, 0.2) is 0 Å². The van der Waals surface area contributed by atoms with Crippen molar-refractivity contribution in [3.05, 3.63) is 0 Å². The summed E-state index contributed by atoms with van der Waals surface area (Å²) in [6.45, 7) is 6.53. The van der Waals surface area contributed by atoms with E-state index in [0.29, 0.717) is 0 Å². The summed E-state index contributed by atoms with van der Waals surface area (Å²) in [4.78, 5) is 21.9. The van der Waals surface area contributed by atoms with Gasteiger partial charge >= 0.3 is 12.1 Å². The average molecular weight is 204 g/mol. The Bertz CT molecular complexity index is 216. The maximum atomic E-state index is 11.0. The Kier molecular flexibility index (Phi) is 4.40. The summed E-state index contributed by atoms with van der Waals surface area (Å²) in [7, 11) is 1.22. The van der Waals surface area contributed by atoms with Crippen LogP contribution in [0.25, 0.3) is 0 Å². The molecule has 0 bridgehead atoms. The molecule has 0 rings (SSSR count). The van der Waals surface area contributed by atoms with E-state index in [2.05, 4.69) is 9.47 Å². The highest BCUT2D eigenvalue weighted by atomic mass is 16.7. The lowest BCUT2D eigenvalue weighted by molar-refractivity contribution is -0.151. The van der Waals surface area contributed by atoms with Crippen molar-refractivity contribution in [2.24, 2.45) is 0 Å². The SMILES string of the molecule is COC(=O)C(C)OC(=O)OC(C)(C)C. The van der Waals surface area contributed by atoms with E-state index in [1.165, 1.54) is 14.0 Å². The molecule has 0 aliphatic rings. The highest BCUT2D eigenvalue weighted by molar-refractivity contribution is 5.76. The zero-order valence-corrected chi connectivity index (χ0v) is 9.12. The smallest absolute Gasteiger partial charge is 0.466 e. The van der Waals surface area contributed by atoms with E-state index < -0.39 is 23.8 Å². The predicted molar refractivity (Wildman–Crippen MR) is 48.8 cm³/mol. The number of hydrogen-bond acceptors (Lipinski definition) is 5. The van der Waals surface area contributed by atoms with Gasteiger partial charge < -0.3 is 14.2 Å². The van der Waals surface area contributed by atoms with Crippen molar-refractivity contribution in [3.8, 4) is 0 Å². The molecule has 0 aliphatic carbocycles. The fourth-order valence-corrected chi connectivity index (χ4v) is 0.632. The first-order valence-electron chi connectivity index (χ1n) is 4.23. The van der Waals surface area contributed by atoms with E-state index in [0.717, 1.165) is 0 Å². The molecule has 0 aromatic rings. The second-order valence-corrected chi connectivity index (χ2v) is 3.75. The van der Waals surface area contributed by atoms with Gasteiger partial charge in [-0.3, -0.25) is 0 Å². The van der Waals surface area contributed by atoms with Crippen molar-refractivity contribution in [2.45, 2.75) is 39.4 Å². The Morgan fingerprint density at radius 2 is 1.71 bits per heavy atom.